The third-order valence-electron chi connectivity index (χ3n) is 1.74. The maximum absolute atomic E-state index is 5.83. The van der Waals surface area contributed by atoms with Crippen molar-refractivity contribution in [3.05, 3.63) is 39.3 Å². The summed E-state index contributed by atoms with van der Waals surface area (Å²) in [5.41, 5.74) is 13.2. The molecule has 1 atom stereocenters. The van der Waals surface area contributed by atoms with Crippen molar-refractivity contribution in [2.45, 2.75) is 6.04 Å². The molecule has 0 amide bonds. The molecule has 2 nitrogen and oxygen atoms in total. The first-order valence-corrected chi connectivity index (χ1v) is 5.27. The molecular weight excluding hydrogens is 296 g/mol. The molecule has 1 rings (SSSR count). The normalized spacial score (nSPS) is 12.5. The molecule has 0 aliphatic carbocycles. The van der Waals surface area contributed by atoms with Crippen molar-refractivity contribution in [2.75, 3.05) is 5.73 Å². The summed E-state index contributed by atoms with van der Waals surface area (Å²) in [5, 5.41) is 0. The number of hydrogen-bond donors (Lipinski definition) is 2. The molecule has 0 saturated heterocycles. The van der Waals surface area contributed by atoms with Crippen LogP contribution in [-0.2, 0) is 0 Å². The molecule has 1 aromatic carbocycles. The first kappa shape index (κ1) is 10.8. The lowest BCUT2D eigenvalue weighted by molar-refractivity contribution is 0.916. The van der Waals surface area contributed by atoms with Gasteiger partial charge in [0.15, 0.2) is 0 Å². The largest absolute Gasteiger partial charge is 0.398 e. The van der Waals surface area contributed by atoms with Gasteiger partial charge in [0.2, 0.25) is 0 Å². The average Bonchev–Trinajstić information content (AvgIpc) is 2.10. The van der Waals surface area contributed by atoms with E-state index in [-0.39, 0.29) is 6.04 Å². The van der Waals surface area contributed by atoms with Crippen molar-refractivity contribution in [3.63, 3.8) is 0 Å². The molecule has 0 radical (unpaired) electrons. The molecule has 0 aliphatic rings. The van der Waals surface area contributed by atoms with Gasteiger partial charge in [-0.05, 0) is 33.6 Å². The molecule has 0 aromatic heterocycles. The Morgan fingerprint density at radius 2 is 2.00 bits per heavy atom. The van der Waals surface area contributed by atoms with E-state index in [4.69, 9.17) is 11.5 Å². The minimum absolute atomic E-state index is 0.228. The van der Waals surface area contributed by atoms with E-state index in [0.29, 0.717) is 5.69 Å². The fourth-order valence-corrected chi connectivity index (χ4v) is 2.27. The molecular formula is C9H10Br2N2. The Bertz CT molecular complexity index is 337. The molecule has 0 saturated carbocycles. The van der Waals surface area contributed by atoms with Gasteiger partial charge in [0, 0.05) is 15.0 Å². The fourth-order valence-electron chi connectivity index (χ4n) is 1.01. The summed E-state index contributed by atoms with van der Waals surface area (Å²) in [4.78, 5) is 0. The minimum atomic E-state index is -0.228. The summed E-state index contributed by atoms with van der Waals surface area (Å²) >= 11 is 6.72. The molecule has 4 heteroatoms. The van der Waals surface area contributed by atoms with Crippen molar-refractivity contribution in [2.24, 2.45) is 5.73 Å². The summed E-state index contributed by atoms with van der Waals surface area (Å²) in [7, 11) is 0. The maximum Gasteiger partial charge on any atom is 0.0510 e. The van der Waals surface area contributed by atoms with Crippen LogP contribution in [0.1, 0.15) is 11.6 Å². The number of rotatable bonds is 2. The van der Waals surface area contributed by atoms with E-state index < -0.39 is 0 Å². The number of nitrogen functional groups attached to an aromatic ring is 1. The summed E-state index contributed by atoms with van der Waals surface area (Å²) in [6.07, 6.45) is 1.66. The van der Waals surface area contributed by atoms with Gasteiger partial charge in [-0.3, -0.25) is 0 Å². The van der Waals surface area contributed by atoms with E-state index in [1.54, 1.807) is 6.08 Å². The van der Waals surface area contributed by atoms with Crippen LogP contribution in [0, 0.1) is 0 Å². The topological polar surface area (TPSA) is 52.0 Å². The molecule has 0 fully saturated rings. The Morgan fingerprint density at radius 3 is 2.54 bits per heavy atom. The van der Waals surface area contributed by atoms with Crippen LogP contribution in [-0.4, -0.2) is 0 Å². The third-order valence-corrected chi connectivity index (χ3v) is 2.85. The Balaban J connectivity index is 3.27. The highest BCUT2D eigenvalue weighted by atomic mass is 79.9. The van der Waals surface area contributed by atoms with Crippen LogP contribution < -0.4 is 11.5 Å². The zero-order chi connectivity index (χ0) is 10.0. The lowest BCUT2D eigenvalue weighted by atomic mass is 10.1. The SMILES string of the molecule is C=C[C@@H](N)c1cc(Br)cc(Br)c1N. The highest BCUT2D eigenvalue weighted by Crippen LogP contribution is 2.31. The second-order valence-corrected chi connectivity index (χ2v) is 4.42. The zero-order valence-electron chi connectivity index (χ0n) is 6.93. The first-order chi connectivity index (χ1) is 6.06. The Kier molecular flexibility index (Phi) is 3.53. The highest BCUT2D eigenvalue weighted by Gasteiger charge is 2.09. The van der Waals surface area contributed by atoms with Crippen molar-refractivity contribution in [1.82, 2.24) is 0 Å². The Labute approximate surface area is 94.3 Å². The second kappa shape index (κ2) is 4.26. The molecule has 0 unspecified atom stereocenters. The van der Waals surface area contributed by atoms with Crippen LogP contribution in [0.4, 0.5) is 5.69 Å². The quantitative estimate of drug-likeness (QED) is 0.652. The number of hydrogen-bond acceptors (Lipinski definition) is 2. The molecule has 13 heavy (non-hydrogen) atoms. The summed E-state index contributed by atoms with van der Waals surface area (Å²) < 4.78 is 1.79. The molecule has 0 bridgehead atoms. The van der Waals surface area contributed by atoms with Crippen molar-refractivity contribution in [3.8, 4) is 0 Å². The molecule has 1 aromatic rings. The van der Waals surface area contributed by atoms with Gasteiger partial charge in [-0.2, -0.15) is 0 Å². The van der Waals surface area contributed by atoms with Gasteiger partial charge in [0.05, 0.1) is 5.69 Å². The van der Waals surface area contributed by atoms with E-state index in [2.05, 4.69) is 38.4 Å². The van der Waals surface area contributed by atoms with Gasteiger partial charge >= 0.3 is 0 Å². The monoisotopic (exact) mass is 304 g/mol. The van der Waals surface area contributed by atoms with Crippen molar-refractivity contribution in [1.29, 1.82) is 0 Å². The standard InChI is InChI=1S/C9H10Br2N2/c1-2-8(12)6-3-5(10)4-7(11)9(6)13/h2-4,8H,1,12-13H2/t8-/m1/s1. The number of nitrogens with two attached hydrogens (primary N) is 2. The van der Waals surface area contributed by atoms with Crippen LogP contribution in [0.3, 0.4) is 0 Å². The van der Waals surface area contributed by atoms with Gasteiger partial charge < -0.3 is 11.5 Å². The van der Waals surface area contributed by atoms with E-state index in [9.17, 15) is 0 Å². The van der Waals surface area contributed by atoms with Crippen molar-refractivity contribution >= 4 is 37.5 Å². The van der Waals surface area contributed by atoms with Crippen LogP contribution >= 0.6 is 31.9 Å². The Morgan fingerprint density at radius 1 is 1.38 bits per heavy atom. The van der Waals surface area contributed by atoms with Gasteiger partial charge in [-0.25, -0.2) is 0 Å². The third kappa shape index (κ3) is 2.33. The fraction of sp³-hybridized carbons (Fsp3) is 0.111. The van der Waals surface area contributed by atoms with Gasteiger partial charge in [0.1, 0.15) is 0 Å². The van der Waals surface area contributed by atoms with E-state index >= 15 is 0 Å². The molecule has 4 N–H and O–H groups in total. The molecule has 0 heterocycles. The zero-order valence-corrected chi connectivity index (χ0v) is 10.1. The van der Waals surface area contributed by atoms with Gasteiger partial charge in [-0.15, -0.1) is 6.58 Å². The number of benzene rings is 1. The summed E-state index contributed by atoms with van der Waals surface area (Å²) in [6.45, 7) is 3.63. The summed E-state index contributed by atoms with van der Waals surface area (Å²) in [5.74, 6) is 0. The average molecular weight is 306 g/mol. The van der Waals surface area contributed by atoms with Crippen LogP contribution in [0.5, 0.6) is 0 Å². The lowest BCUT2D eigenvalue weighted by Crippen LogP contribution is -2.09. The molecule has 0 aliphatic heterocycles. The minimum Gasteiger partial charge on any atom is -0.398 e. The van der Waals surface area contributed by atoms with Crippen LogP contribution in [0.25, 0.3) is 0 Å². The van der Waals surface area contributed by atoms with Gasteiger partial charge in [0.25, 0.3) is 0 Å². The maximum atomic E-state index is 5.83. The van der Waals surface area contributed by atoms with Crippen molar-refractivity contribution < 1.29 is 0 Å². The highest BCUT2D eigenvalue weighted by molar-refractivity contribution is 9.11. The number of halogens is 2. The smallest absolute Gasteiger partial charge is 0.0510 e. The van der Waals surface area contributed by atoms with E-state index in [0.717, 1.165) is 14.5 Å². The Hall–Kier alpha value is -0.320. The van der Waals surface area contributed by atoms with Crippen LogP contribution in [0.2, 0.25) is 0 Å². The van der Waals surface area contributed by atoms with Crippen LogP contribution in [0.15, 0.2) is 33.7 Å². The van der Waals surface area contributed by atoms with E-state index in [1.165, 1.54) is 0 Å². The first-order valence-electron chi connectivity index (χ1n) is 3.68. The summed E-state index contributed by atoms with van der Waals surface area (Å²) in [6, 6.07) is 3.55. The second-order valence-electron chi connectivity index (χ2n) is 2.65. The predicted octanol–water partition coefficient (Wildman–Crippen LogP) is 2.98. The number of anilines is 1. The lowest BCUT2D eigenvalue weighted by Gasteiger charge is -2.12. The van der Waals surface area contributed by atoms with Gasteiger partial charge in [-0.1, -0.05) is 22.0 Å². The molecule has 0 spiro atoms. The van der Waals surface area contributed by atoms with E-state index in [1.807, 2.05) is 12.1 Å². The predicted molar refractivity (Wildman–Crippen MR) is 63.4 cm³/mol. The molecule has 70 valence electrons.